The minimum Gasteiger partial charge on any atom is -0.340 e. The molecular formula is C17H23N3O3. The first-order valence-electron chi connectivity index (χ1n) is 8.38. The van der Waals surface area contributed by atoms with E-state index in [1.54, 1.807) is 12.1 Å². The van der Waals surface area contributed by atoms with Crippen LogP contribution < -0.4 is 0 Å². The van der Waals surface area contributed by atoms with Crippen LogP contribution in [0.15, 0.2) is 24.3 Å². The molecule has 0 N–H and O–H groups in total. The molecule has 1 saturated carbocycles. The third kappa shape index (κ3) is 3.88. The molecule has 1 aliphatic heterocycles. The van der Waals surface area contributed by atoms with Gasteiger partial charge in [-0.25, -0.2) is 0 Å². The van der Waals surface area contributed by atoms with E-state index in [0.717, 1.165) is 37.8 Å². The van der Waals surface area contributed by atoms with Crippen molar-refractivity contribution in [1.82, 2.24) is 9.80 Å². The molecule has 0 radical (unpaired) electrons. The Balaban J connectivity index is 1.50. The fourth-order valence-corrected chi connectivity index (χ4v) is 3.63. The van der Waals surface area contributed by atoms with Crippen molar-refractivity contribution in [2.45, 2.75) is 38.1 Å². The summed E-state index contributed by atoms with van der Waals surface area (Å²) >= 11 is 0. The summed E-state index contributed by atoms with van der Waals surface area (Å²) in [7, 11) is 0. The highest BCUT2D eigenvalue weighted by molar-refractivity contribution is 5.79. The number of non-ortho nitro benzene ring substituents is 1. The first kappa shape index (κ1) is 15.9. The van der Waals surface area contributed by atoms with Gasteiger partial charge in [-0.3, -0.25) is 19.8 Å². The summed E-state index contributed by atoms with van der Waals surface area (Å²) in [6.45, 7) is 3.53. The van der Waals surface area contributed by atoms with E-state index in [2.05, 4.69) is 4.90 Å². The summed E-state index contributed by atoms with van der Waals surface area (Å²) in [6, 6.07) is 6.98. The number of amides is 1. The Kier molecular flexibility index (Phi) is 4.91. The van der Waals surface area contributed by atoms with Crippen molar-refractivity contribution in [2.75, 3.05) is 26.2 Å². The van der Waals surface area contributed by atoms with Crippen molar-refractivity contribution in [1.29, 1.82) is 0 Å². The Labute approximate surface area is 136 Å². The molecule has 1 saturated heterocycles. The third-order valence-electron chi connectivity index (χ3n) is 5.01. The maximum absolute atomic E-state index is 12.4. The first-order chi connectivity index (χ1) is 11.1. The van der Waals surface area contributed by atoms with Crippen LogP contribution in [0, 0.1) is 10.1 Å². The Morgan fingerprint density at radius 1 is 1.09 bits per heavy atom. The first-order valence-corrected chi connectivity index (χ1v) is 8.38. The van der Waals surface area contributed by atoms with Gasteiger partial charge < -0.3 is 4.90 Å². The normalized spacial score (nSPS) is 19.9. The van der Waals surface area contributed by atoms with Gasteiger partial charge >= 0.3 is 0 Å². The summed E-state index contributed by atoms with van der Waals surface area (Å²) in [5.74, 6) is 0.116. The van der Waals surface area contributed by atoms with E-state index in [9.17, 15) is 14.9 Å². The third-order valence-corrected chi connectivity index (χ3v) is 5.01. The number of hydrogen-bond acceptors (Lipinski definition) is 4. The summed E-state index contributed by atoms with van der Waals surface area (Å²) in [6.07, 6.45) is 5.60. The number of carbonyl (C=O) groups excluding carboxylic acids is 1. The van der Waals surface area contributed by atoms with Crippen LogP contribution in [0.3, 0.4) is 0 Å². The van der Waals surface area contributed by atoms with E-state index < -0.39 is 4.92 Å². The predicted molar refractivity (Wildman–Crippen MR) is 87.2 cm³/mol. The molecule has 0 aromatic heterocycles. The summed E-state index contributed by atoms with van der Waals surface area (Å²) < 4.78 is 0. The largest absolute Gasteiger partial charge is 0.340 e. The molecular weight excluding hydrogens is 294 g/mol. The molecule has 0 bridgehead atoms. The van der Waals surface area contributed by atoms with Crippen LogP contribution in [-0.2, 0) is 11.2 Å². The highest BCUT2D eigenvalue weighted by Crippen LogP contribution is 2.24. The van der Waals surface area contributed by atoms with Crippen LogP contribution in [0.2, 0.25) is 0 Å². The fraction of sp³-hybridized carbons (Fsp3) is 0.588. The molecule has 23 heavy (non-hydrogen) atoms. The molecule has 124 valence electrons. The van der Waals surface area contributed by atoms with Crippen LogP contribution >= 0.6 is 0 Å². The second kappa shape index (κ2) is 7.08. The van der Waals surface area contributed by atoms with Crippen molar-refractivity contribution in [3.63, 3.8) is 0 Å². The van der Waals surface area contributed by atoms with Gasteiger partial charge in [0, 0.05) is 44.4 Å². The molecule has 2 fully saturated rings. The van der Waals surface area contributed by atoms with E-state index in [4.69, 9.17) is 0 Å². The Hall–Kier alpha value is -1.95. The Bertz CT molecular complexity index is 559. The SMILES string of the molecule is O=C(Cc1ccc([N+](=O)[O-])cc1)N1CCN(C2CCCC2)CC1. The van der Waals surface area contributed by atoms with Crippen molar-refractivity contribution in [3.05, 3.63) is 39.9 Å². The minimum atomic E-state index is -0.423. The molecule has 1 heterocycles. The summed E-state index contributed by atoms with van der Waals surface area (Å²) in [5, 5.41) is 10.6. The number of piperazine rings is 1. The topological polar surface area (TPSA) is 66.7 Å². The van der Waals surface area contributed by atoms with Crippen molar-refractivity contribution >= 4 is 11.6 Å². The molecule has 6 heteroatoms. The van der Waals surface area contributed by atoms with Gasteiger partial charge in [-0.1, -0.05) is 25.0 Å². The van der Waals surface area contributed by atoms with Gasteiger partial charge in [0.05, 0.1) is 11.3 Å². The van der Waals surface area contributed by atoms with Crippen LogP contribution in [-0.4, -0.2) is 52.9 Å². The van der Waals surface area contributed by atoms with Gasteiger partial charge in [-0.15, -0.1) is 0 Å². The van der Waals surface area contributed by atoms with Gasteiger partial charge in [0.1, 0.15) is 0 Å². The number of nitro benzene ring substituents is 1. The lowest BCUT2D eigenvalue weighted by Gasteiger charge is -2.38. The standard InChI is InChI=1S/C17H23N3O3/c21-17(13-14-5-7-16(8-6-14)20(22)23)19-11-9-18(10-12-19)15-3-1-2-4-15/h5-8,15H,1-4,9-13H2. The predicted octanol–water partition coefficient (Wildman–Crippen LogP) is 2.22. The highest BCUT2D eigenvalue weighted by Gasteiger charge is 2.27. The van der Waals surface area contributed by atoms with E-state index in [1.165, 1.54) is 37.8 Å². The van der Waals surface area contributed by atoms with Crippen LogP contribution in [0.1, 0.15) is 31.2 Å². The van der Waals surface area contributed by atoms with Gasteiger partial charge in [0.2, 0.25) is 5.91 Å². The average Bonchev–Trinajstić information content (AvgIpc) is 3.10. The minimum absolute atomic E-state index is 0.0615. The van der Waals surface area contributed by atoms with Crippen LogP contribution in [0.5, 0.6) is 0 Å². The molecule has 0 atom stereocenters. The van der Waals surface area contributed by atoms with E-state index in [1.807, 2.05) is 4.90 Å². The summed E-state index contributed by atoms with van der Waals surface area (Å²) in [4.78, 5) is 27.1. The zero-order chi connectivity index (χ0) is 16.2. The lowest BCUT2D eigenvalue weighted by molar-refractivity contribution is -0.384. The molecule has 0 unspecified atom stereocenters. The van der Waals surface area contributed by atoms with Crippen molar-refractivity contribution in [2.24, 2.45) is 0 Å². The molecule has 2 aliphatic rings. The molecule has 1 aromatic rings. The highest BCUT2D eigenvalue weighted by atomic mass is 16.6. The van der Waals surface area contributed by atoms with Crippen molar-refractivity contribution < 1.29 is 9.72 Å². The van der Waals surface area contributed by atoms with E-state index in [0.29, 0.717) is 6.42 Å². The second-order valence-corrected chi connectivity index (χ2v) is 6.46. The quantitative estimate of drug-likeness (QED) is 0.631. The average molecular weight is 317 g/mol. The molecule has 6 nitrogen and oxygen atoms in total. The zero-order valence-electron chi connectivity index (χ0n) is 13.3. The number of carbonyl (C=O) groups is 1. The molecule has 1 amide bonds. The number of nitro groups is 1. The van der Waals surface area contributed by atoms with Crippen molar-refractivity contribution in [3.8, 4) is 0 Å². The van der Waals surface area contributed by atoms with E-state index >= 15 is 0 Å². The maximum Gasteiger partial charge on any atom is 0.269 e. The number of nitrogens with zero attached hydrogens (tertiary/aromatic N) is 3. The summed E-state index contributed by atoms with van der Waals surface area (Å²) in [5.41, 5.74) is 0.894. The number of benzene rings is 1. The molecule has 1 aliphatic carbocycles. The van der Waals surface area contributed by atoms with Gasteiger partial charge in [-0.05, 0) is 18.4 Å². The monoisotopic (exact) mass is 317 g/mol. The van der Waals surface area contributed by atoms with Gasteiger partial charge in [-0.2, -0.15) is 0 Å². The van der Waals surface area contributed by atoms with E-state index in [-0.39, 0.29) is 11.6 Å². The molecule has 1 aromatic carbocycles. The van der Waals surface area contributed by atoms with Gasteiger partial charge in [0.15, 0.2) is 0 Å². The lowest BCUT2D eigenvalue weighted by Crippen LogP contribution is -2.51. The smallest absolute Gasteiger partial charge is 0.269 e. The molecule has 3 rings (SSSR count). The van der Waals surface area contributed by atoms with Crippen LogP contribution in [0.4, 0.5) is 5.69 Å². The Morgan fingerprint density at radius 2 is 1.70 bits per heavy atom. The number of hydrogen-bond donors (Lipinski definition) is 0. The molecule has 0 spiro atoms. The van der Waals surface area contributed by atoms with Crippen LogP contribution in [0.25, 0.3) is 0 Å². The second-order valence-electron chi connectivity index (χ2n) is 6.46. The Morgan fingerprint density at radius 3 is 2.26 bits per heavy atom. The number of rotatable bonds is 4. The fourth-order valence-electron chi connectivity index (χ4n) is 3.63. The lowest BCUT2D eigenvalue weighted by atomic mass is 10.1. The van der Waals surface area contributed by atoms with Gasteiger partial charge in [0.25, 0.3) is 5.69 Å². The maximum atomic E-state index is 12.4. The zero-order valence-corrected chi connectivity index (χ0v) is 13.3.